The summed E-state index contributed by atoms with van der Waals surface area (Å²) in [6.45, 7) is 1.44. The minimum absolute atomic E-state index is 0.109. The Morgan fingerprint density at radius 2 is 2.04 bits per heavy atom. The Kier molecular flexibility index (Phi) is 6.80. The molecule has 1 saturated heterocycles. The van der Waals surface area contributed by atoms with Gasteiger partial charge in [0.05, 0.1) is 0 Å². The van der Waals surface area contributed by atoms with Crippen LogP contribution in [-0.4, -0.2) is 34.0 Å². The quantitative estimate of drug-likeness (QED) is 0.682. The minimum atomic E-state index is -0.109. The summed E-state index contributed by atoms with van der Waals surface area (Å²) in [7, 11) is 0. The van der Waals surface area contributed by atoms with E-state index in [1.54, 1.807) is 0 Å². The minimum Gasteiger partial charge on any atom is -0.337 e. The molecule has 1 unspecified atom stereocenters. The number of hydrogen-bond acceptors (Lipinski definition) is 5. The Bertz CT molecular complexity index is 717. The van der Waals surface area contributed by atoms with Gasteiger partial charge in [-0.25, -0.2) is 0 Å². The summed E-state index contributed by atoms with van der Waals surface area (Å²) in [6.07, 6.45) is 6.37. The second kappa shape index (κ2) is 9.28. The van der Waals surface area contributed by atoms with E-state index in [1.165, 1.54) is 0 Å². The van der Waals surface area contributed by atoms with Gasteiger partial charge in [-0.3, -0.25) is 4.79 Å². The van der Waals surface area contributed by atoms with Gasteiger partial charge in [-0.2, -0.15) is 4.98 Å². The number of likely N-dealkylation sites (tertiary alicyclic amines) is 1. The van der Waals surface area contributed by atoms with Gasteiger partial charge in [0.15, 0.2) is 0 Å². The summed E-state index contributed by atoms with van der Waals surface area (Å²) in [6, 6.07) is 7.68. The van der Waals surface area contributed by atoms with Gasteiger partial charge in [0, 0.05) is 23.0 Å². The summed E-state index contributed by atoms with van der Waals surface area (Å²) in [5, 5.41) is 4.12. The van der Waals surface area contributed by atoms with Gasteiger partial charge in [0.2, 0.25) is 17.6 Å². The molecular formula is C19H25BrN4O2. The van der Waals surface area contributed by atoms with Gasteiger partial charge in [-0.05, 0) is 62.9 Å². The first-order chi connectivity index (χ1) is 12.7. The first kappa shape index (κ1) is 19.0. The Morgan fingerprint density at radius 3 is 2.81 bits per heavy atom. The molecule has 2 N–H and O–H groups in total. The van der Waals surface area contributed by atoms with Crippen molar-refractivity contribution in [3.05, 3.63) is 34.6 Å². The maximum Gasteiger partial charge on any atom is 0.249 e. The average Bonchev–Trinajstić information content (AvgIpc) is 3.16. The molecule has 1 amide bonds. The fourth-order valence-electron chi connectivity index (χ4n) is 3.31. The normalized spacial score (nSPS) is 17.5. The highest BCUT2D eigenvalue weighted by Gasteiger charge is 2.31. The third kappa shape index (κ3) is 4.71. The second-order valence-electron chi connectivity index (χ2n) is 6.66. The van der Waals surface area contributed by atoms with E-state index in [2.05, 4.69) is 26.1 Å². The van der Waals surface area contributed by atoms with Crippen LogP contribution in [0, 0.1) is 0 Å². The zero-order valence-corrected chi connectivity index (χ0v) is 16.5. The van der Waals surface area contributed by atoms with Gasteiger partial charge in [0.25, 0.3) is 0 Å². The summed E-state index contributed by atoms with van der Waals surface area (Å²) < 4.78 is 6.53. The molecular weight excluding hydrogens is 396 g/mol. The van der Waals surface area contributed by atoms with Gasteiger partial charge in [0.1, 0.15) is 6.04 Å². The molecule has 26 heavy (non-hydrogen) atoms. The summed E-state index contributed by atoms with van der Waals surface area (Å²) >= 11 is 3.42. The topological polar surface area (TPSA) is 85.3 Å². The van der Waals surface area contributed by atoms with Crippen LogP contribution in [0.4, 0.5) is 0 Å². The second-order valence-corrected chi connectivity index (χ2v) is 7.58. The van der Waals surface area contributed by atoms with Gasteiger partial charge >= 0.3 is 0 Å². The molecule has 1 aliphatic rings. The lowest BCUT2D eigenvalue weighted by molar-refractivity contribution is -0.135. The number of nitrogens with two attached hydrogens (primary N) is 1. The van der Waals surface area contributed by atoms with Gasteiger partial charge in [-0.1, -0.05) is 27.5 Å². The molecule has 2 aromatic rings. The largest absolute Gasteiger partial charge is 0.337 e. The van der Waals surface area contributed by atoms with Crippen LogP contribution in [0.5, 0.6) is 0 Å². The molecule has 1 fully saturated rings. The molecule has 3 rings (SSSR count). The number of carbonyl (C=O) groups excluding carboxylic acids is 1. The summed E-state index contributed by atoms with van der Waals surface area (Å²) in [4.78, 5) is 19.2. The zero-order chi connectivity index (χ0) is 18.4. The fraction of sp³-hybridized carbons (Fsp3) is 0.526. The standard InChI is InChI=1S/C19H25BrN4O2/c20-15-10-8-14(9-11-15)18-22-19(26-23-18)16-6-3-5-13-24(16)17(25)7-2-1-4-12-21/h8-11,16H,1-7,12-13,21H2. The van der Waals surface area contributed by atoms with Crippen LogP contribution in [-0.2, 0) is 4.79 Å². The third-order valence-corrected chi connectivity index (χ3v) is 5.28. The van der Waals surface area contributed by atoms with Crippen molar-refractivity contribution < 1.29 is 9.32 Å². The number of halogens is 1. The highest BCUT2D eigenvalue weighted by atomic mass is 79.9. The van der Waals surface area contributed by atoms with E-state index in [1.807, 2.05) is 29.2 Å². The van der Waals surface area contributed by atoms with E-state index >= 15 is 0 Å². The van der Waals surface area contributed by atoms with Crippen LogP contribution < -0.4 is 5.73 Å². The van der Waals surface area contributed by atoms with Crippen molar-refractivity contribution in [2.24, 2.45) is 5.73 Å². The predicted octanol–water partition coefficient (Wildman–Crippen LogP) is 4.07. The summed E-state index contributed by atoms with van der Waals surface area (Å²) in [5.41, 5.74) is 6.42. The number of hydrogen-bond donors (Lipinski definition) is 1. The monoisotopic (exact) mass is 420 g/mol. The molecule has 1 aliphatic heterocycles. The number of nitrogens with zero attached hydrogens (tertiary/aromatic N) is 3. The van der Waals surface area contributed by atoms with Crippen molar-refractivity contribution in [2.75, 3.05) is 13.1 Å². The smallest absolute Gasteiger partial charge is 0.249 e. The SMILES string of the molecule is NCCCCCC(=O)N1CCCCC1c1nc(-c2ccc(Br)cc2)no1. The molecule has 1 aromatic carbocycles. The van der Waals surface area contributed by atoms with E-state index in [4.69, 9.17) is 10.3 Å². The molecule has 0 radical (unpaired) electrons. The maximum absolute atomic E-state index is 12.7. The van der Waals surface area contributed by atoms with Crippen LogP contribution in [0.3, 0.4) is 0 Å². The molecule has 0 spiro atoms. The number of benzene rings is 1. The Hall–Kier alpha value is -1.73. The summed E-state index contributed by atoms with van der Waals surface area (Å²) in [5.74, 6) is 1.28. The lowest BCUT2D eigenvalue weighted by Crippen LogP contribution is -2.38. The molecule has 1 atom stereocenters. The number of rotatable bonds is 7. The van der Waals surface area contributed by atoms with Crippen LogP contribution in [0.25, 0.3) is 11.4 Å². The zero-order valence-electron chi connectivity index (χ0n) is 14.9. The van der Waals surface area contributed by atoms with Crippen molar-refractivity contribution in [1.82, 2.24) is 15.0 Å². The molecule has 0 bridgehead atoms. The number of carbonyl (C=O) groups is 1. The van der Waals surface area contributed by atoms with Crippen LogP contribution in [0.2, 0.25) is 0 Å². The molecule has 140 valence electrons. The van der Waals surface area contributed by atoms with Crippen LogP contribution >= 0.6 is 15.9 Å². The van der Waals surface area contributed by atoms with Crippen molar-refractivity contribution in [3.63, 3.8) is 0 Å². The lowest BCUT2D eigenvalue weighted by atomic mass is 10.0. The van der Waals surface area contributed by atoms with E-state index in [-0.39, 0.29) is 11.9 Å². The Balaban J connectivity index is 1.69. The van der Waals surface area contributed by atoms with Gasteiger partial charge < -0.3 is 15.2 Å². The van der Waals surface area contributed by atoms with Crippen molar-refractivity contribution in [2.45, 2.75) is 51.0 Å². The van der Waals surface area contributed by atoms with E-state index in [9.17, 15) is 4.79 Å². The van der Waals surface area contributed by atoms with Crippen LogP contribution in [0.1, 0.15) is 56.9 Å². The first-order valence-corrected chi connectivity index (χ1v) is 10.1. The van der Waals surface area contributed by atoms with Crippen molar-refractivity contribution in [3.8, 4) is 11.4 Å². The molecule has 2 heterocycles. The highest BCUT2D eigenvalue weighted by Crippen LogP contribution is 2.32. The number of aromatic nitrogens is 2. The third-order valence-electron chi connectivity index (χ3n) is 4.75. The fourth-order valence-corrected chi connectivity index (χ4v) is 3.58. The number of unbranched alkanes of at least 4 members (excludes halogenated alkanes) is 2. The first-order valence-electron chi connectivity index (χ1n) is 9.28. The van der Waals surface area contributed by atoms with Crippen molar-refractivity contribution >= 4 is 21.8 Å². The average molecular weight is 421 g/mol. The van der Waals surface area contributed by atoms with E-state index in [0.717, 1.165) is 55.1 Å². The Morgan fingerprint density at radius 1 is 1.23 bits per heavy atom. The van der Waals surface area contributed by atoms with E-state index in [0.29, 0.717) is 24.7 Å². The lowest BCUT2D eigenvalue weighted by Gasteiger charge is -2.33. The highest BCUT2D eigenvalue weighted by molar-refractivity contribution is 9.10. The van der Waals surface area contributed by atoms with E-state index < -0.39 is 0 Å². The van der Waals surface area contributed by atoms with Gasteiger partial charge in [-0.15, -0.1) is 0 Å². The van der Waals surface area contributed by atoms with Crippen LogP contribution in [0.15, 0.2) is 33.3 Å². The maximum atomic E-state index is 12.7. The Labute approximate surface area is 162 Å². The number of amides is 1. The molecule has 6 nitrogen and oxygen atoms in total. The van der Waals surface area contributed by atoms with Crippen molar-refractivity contribution in [1.29, 1.82) is 0 Å². The number of piperidine rings is 1. The molecule has 7 heteroatoms. The molecule has 1 aromatic heterocycles. The molecule has 0 saturated carbocycles. The molecule has 0 aliphatic carbocycles. The predicted molar refractivity (Wildman–Crippen MR) is 103 cm³/mol.